The summed E-state index contributed by atoms with van der Waals surface area (Å²) in [6, 6.07) is 8.12. The predicted molar refractivity (Wildman–Crippen MR) is 113 cm³/mol. The van der Waals surface area contributed by atoms with E-state index in [1.54, 1.807) is 30.5 Å². The molecule has 0 bridgehead atoms. The minimum Gasteiger partial charge on any atom is -0.465 e. The molecule has 0 fully saturated rings. The van der Waals surface area contributed by atoms with Gasteiger partial charge in [0.1, 0.15) is 10.8 Å². The zero-order chi connectivity index (χ0) is 21.1. The van der Waals surface area contributed by atoms with Crippen molar-refractivity contribution in [3.63, 3.8) is 0 Å². The van der Waals surface area contributed by atoms with Crippen molar-refractivity contribution >= 4 is 28.2 Å². The Balaban J connectivity index is 1.56. The monoisotopic (exact) mass is 426 g/mol. The average molecular weight is 426 g/mol. The Morgan fingerprint density at radius 1 is 1.17 bits per heavy atom. The number of anilines is 1. The molecule has 4 rings (SSSR count). The molecular formula is C22H22N2O5S. The second kappa shape index (κ2) is 8.71. The van der Waals surface area contributed by atoms with Crippen molar-refractivity contribution in [3.8, 4) is 0 Å². The second-order valence-electron chi connectivity index (χ2n) is 7.15. The lowest BCUT2D eigenvalue weighted by Crippen LogP contribution is -2.18. The van der Waals surface area contributed by atoms with E-state index in [1.807, 2.05) is 0 Å². The molecule has 0 aliphatic heterocycles. The highest BCUT2D eigenvalue weighted by Crippen LogP contribution is 2.38. The maximum atomic E-state index is 12.8. The van der Waals surface area contributed by atoms with Gasteiger partial charge in [0, 0.05) is 17.1 Å². The highest BCUT2D eigenvalue weighted by molar-refractivity contribution is 7.17. The van der Waals surface area contributed by atoms with Gasteiger partial charge in [-0.25, -0.2) is 4.79 Å². The number of methoxy groups -OCH3 is 1. The number of hydrogen-bond donors (Lipinski definition) is 1. The van der Waals surface area contributed by atoms with Crippen LogP contribution < -0.4 is 10.9 Å². The lowest BCUT2D eigenvalue weighted by atomic mass is 10.1. The van der Waals surface area contributed by atoms with Gasteiger partial charge in [-0.15, -0.1) is 11.3 Å². The van der Waals surface area contributed by atoms with Gasteiger partial charge >= 0.3 is 5.97 Å². The van der Waals surface area contributed by atoms with Crippen molar-refractivity contribution in [2.24, 2.45) is 0 Å². The Labute approximate surface area is 177 Å². The molecule has 1 amide bonds. The first-order valence-corrected chi connectivity index (χ1v) is 10.7. The van der Waals surface area contributed by atoms with Gasteiger partial charge in [0.05, 0.1) is 19.2 Å². The third kappa shape index (κ3) is 4.09. The lowest BCUT2D eigenvalue weighted by molar-refractivity contribution is 0.0601. The zero-order valence-electron chi connectivity index (χ0n) is 16.6. The molecule has 0 saturated carbocycles. The molecule has 30 heavy (non-hydrogen) atoms. The first kappa shape index (κ1) is 20.2. The number of esters is 1. The molecule has 0 unspecified atom stereocenters. The summed E-state index contributed by atoms with van der Waals surface area (Å²) in [6.45, 7) is 0.230. The van der Waals surface area contributed by atoms with Crippen molar-refractivity contribution in [3.05, 3.63) is 74.4 Å². The summed E-state index contributed by atoms with van der Waals surface area (Å²) < 4.78 is 12.1. The van der Waals surface area contributed by atoms with Gasteiger partial charge in [0.2, 0.25) is 0 Å². The summed E-state index contributed by atoms with van der Waals surface area (Å²) in [4.78, 5) is 38.2. The van der Waals surface area contributed by atoms with E-state index in [2.05, 4.69) is 5.32 Å². The number of nitrogens with zero attached hydrogens (tertiary/aromatic N) is 1. The number of carbonyl (C=O) groups is 2. The normalized spacial score (nSPS) is 13.4. The van der Waals surface area contributed by atoms with E-state index in [1.165, 1.54) is 29.1 Å². The predicted octanol–water partition coefficient (Wildman–Crippen LogP) is 3.86. The third-order valence-corrected chi connectivity index (χ3v) is 6.36. The molecule has 3 heterocycles. The Bertz CT molecular complexity index is 1140. The molecule has 8 heteroatoms. The van der Waals surface area contributed by atoms with Crippen molar-refractivity contribution in [1.82, 2.24) is 4.57 Å². The highest BCUT2D eigenvalue weighted by atomic mass is 32.1. The summed E-state index contributed by atoms with van der Waals surface area (Å²) in [5.74, 6) is -0.270. The van der Waals surface area contributed by atoms with E-state index < -0.39 is 11.9 Å². The molecule has 0 atom stereocenters. The van der Waals surface area contributed by atoms with Crippen LogP contribution in [0.2, 0.25) is 0 Å². The molecule has 3 aromatic heterocycles. The molecular weight excluding hydrogens is 404 g/mol. The number of fused-ring (bicyclic) bond motifs is 1. The van der Waals surface area contributed by atoms with E-state index in [9.17, 15) is 14.4 Å². The van der Waals surface area contributed by atoms with Crippen LogP contribution in [0.3, 0.4) is 0 Å². The molecule has 0 saturated heterocycles. The van der Waals surface area contributed by atoms with Crippen LogP contribution in [0.4, 0.5) is 5.00 Å². The van der Waals surface area contributed by atoms with Crippen LogP contribution in [0, 0.1) is 0 Å². The molecule has 0 aromatic carbocycles. The summed E-state index contributed by atoms with van der Waals surface area (Å²) in [5, 5.41) is 3.32. The Morgan fingerprint density at radius 2 is 2.00 bits per heavy atom. The van der Waals surface area contributed by atoms with Gasteiger partial charge < -0.3 is 19.0 Å². The van der Waals surface area contributed by atoms with Crippen molar-refractivity contribution < 1.29 is 18.7 Å². The number of ether oxygens (including phenoxy) is 1. The number of aromatic nitrogens is 1. The van der Waals surface area contributed by atoms with E-state index in [4.69, 9.17) is 9.15 Å². The smallest absolute Gasteiger partial charge is 0.341 e. The summed E-state index contributed by atoms with van der Waals surface area (Å²) in [6.07, 6.45) is 6.58. The van der Waals surface area contributed by atoms with Gasteiger partial charge in [-0.3, -0.25) is 9.59 Å². The Kier molecular flexibility index (Phi) is 5.85. The molecule has 1 aliphatic rings. The summed E-state index contributed by atoms with van der Waals surface area (Å²) >= 11 is 1.43. The topological polar surface area (TPSA) is 90.5 Å². The van der Waals surface area contributed by atoms with Crippen LogP contribution in [0.15, 0.2) is 45.7 Å². The quantitative estimate of drug-likeness (QED) is 0.494. The van der Waals surface area contributed by atoms with Gasteiger partial charge in [-0.1, -0.05) is 12.5 Å². The van der Waals surface area contributed by atoms with Gasteiger partial charge in [-0.05, 0) is 49.4 Å². The molecule has 0 radical (unpaired) electrons. The minimum absolute atomic E-state index is 0.119. The van der Waals surface area contributed by atoms with Crippen LogP contribution in [-0.2, 0) is 24.1 Å². The van der Waals surface area contributed by atoms with Crippen molar-refractivity contribution in [2.75, 3.05) is 12.4 Å². The number of aryl methyl sites for hydroxylation is 1. The molecule has 156 valence electrons. The van der Waals surface area contributed by atoms with Gasteiger partial charge in [0.25, 0.3) is 11.5 Å². The third-order valence-electron chi connectivity index (χ3n) is 5.15. The van der Waals surface area contributed by atoms with Crippen molar-refractivity contribution in [1.29, 1.82) is 0 Å². The van der Waals surface area contributed by atoms with E-state index >= 15 is 0 Å². The molecule has 7 nitrogen and oxygen atoms in total. The van der Waals surface area contributed by atoms with E-state index in [-0.39, 0.29) is 17.9 Å². The van der Waals surface area contributed by atoms with Crippen molar-refractivity contribution in [2.45, 2.75) is 38.6 Å². The van der Waals surface area contributed by atoms with Crippen LogP contribution in [0.1, 0.15) is 56.4 Å². The van der Waals surface area contributed by atoms with Crippen LogP contribution in [0.5, 0.6) is 0 Å². The number of thiophene rings is 1. The number of pyridine rings is 1. The van der Waals surface area contributed by atoms with E-state index in [0.717, 1.165) is 42.5 Å². The fourth-order valence-electron chi connectivity index (χ4n) is 3.66. The Morgan fingerprint density at radius 3 is 2.80 bits per heavy atom. The lowest BCUT2D eigenvalue weighted by Gasteiger charge is -2.06. The first-order valence-electron chi connectivity index (χ1n) is 9.85. The number of carbonyl (C=O) groups excluding carboxylic acids is 2. The zero-order valence-corrected chi connectivity index (χ0v) is 17.4. The maximum absolute atomic E-state index is 12.8. The van der Waals surface area contributed by atoms with Gasteiger partial charge in [-0.2, -0.15) is 0 Å². The summed E-state index contributed by atoms with van der Waals surface area (Å²) in [7, 11) is 1.35. The number of furan rings is 1. The van der Waals surface area contributed by atoms with E-state index in [0.29, 0.717) is 16.3 Å². The number of nitrogens with one attached hydrogen (secondary N) is 1. The number of hydrogen-bond acceptors (Lipinski definition) is 6. The standard InChI is InChI=1S/C22H22N2O5S/c1-28-22(27)19-15-7-3-2-4-8-17(15)30-21(19)23-20(26)16-11-10-14(29-16)13-24-12-6-5-9-18(24)25/h5-6,9-12H,2-4,7-8,13H2,1H3,(H,23,26). The second-order valence-corrected chi connectivity index (χ2v) is 8.25. The molecule has 1 aliphatic carbocycles. The maximum Gasteiger partial charge on any atom is 0.341 e. The van der Waals surface area contributed by atoms with Crippen LogP contribution in [0.25, 0.3) is 0 Å². The molecule has 0 spiro atoms. The molecule has 3 aromatic rings. The Hall–Kier alpha value is -3.13. The highest BCUT2D eigenvalue weighted by Gasteiger charge is 2.27. The molecule has 1 N–H and O–H groups in total. The average Bonchev–Trinajstić information content (AvgIpc) is 3.27. The van der Waals surface area contributed by atoms with Crippen LogP contribution >= 0.6 is 11.3 Å². The fourth-order valence-corrected chi connectivity index (χ4v) is 4.93. The van der Waals surface area contributed by atoms with Crippen LogP contribution in [-0.4, -0.2) is 23.6 Å². The largest absolute Gasteiger partial charge is 0.465 e. The first-order chi connectivity index (χ1) is 14.6. The number of amides is 1. The summed E-state index contributed by atoms with van der Waals surface area (Å²) in [5.41, 5.74) is 1.29. The minimum atomic E-state index is -0.441. The SMILES string of the molecule is COC(=O)c1c(NC(=O)c2ccc(Cn3ccccc3=O)o2)sc2c1CCCCC2. The van der Waals surface area contributed by atoms with Gasteiger partial charge in [0.15, 0.2) is 5.76 Å². The fraction of sp³-hybridized carbons (Fsp3) is 0.318. The number of rotatable bonds is 5.